The topological polar surface area (TPSA) is 76.0 Å². The first-order valence-corrected chi connectivity index (χ1v) is 13.0. The van der Waals surface area contributed by atoms with Crippen LogP contribution in [0, 0.1) is 13.8 Å². The van der Waals surface area contributed by atoms with E-state index >= 15 is 0 Å². The summed E-state index contributed by atoms with van der Waals surface area (Å²) in [5, 5.41) is 18.8. The van der Waals surface area contributed by atoms with E-state index in [0.29, 0.717) is 30.9 Å². The van der Waals surface area contributed by atoms with Gasteiger partial charge in [0.2, 0.25) is 0 Å². The Morgan fingerprint density at radius 2 is 1.63 bits per heavy atom. The molecule has 0 heterocycles. The molecule has 2 rings (SSSR count). The van der Waals surface area contributed by atoms with Gasteiger partial charge in [0.15, 0.2) is 6.61 Å². The van der Waals surface area contributed by atoms with Crippen molar-refractivity contribution in [3.05, 3.63) is 64.2 Å². The number of aryl methyl sites for hydroxylation is 2. The molecular weight excluding hydrogens is 440 g/mol. The Kier molecular flexibility index (Phi) is 12.3. The van der Waals surface area contributed by atoms with Crippen molar-refractivity contribution in [1.29, 1.82) is 0 Å². The molecule has 0 aliphatic heterocycles. The second-order valence-electron chi connectivity index (χ2n) is 10.0. The largest absolute Gasteiger partial charge is 0.482 e. The Bertz CT molecular complexity index is 898. The Balaban J connectivity index is 1.80. The summed E-state index contributed by atoms with van der Waals surface area (Å²) in [7, 11) is 0. The molecule has 0 spiro atoms. The standard InChI is InChI=1S/C30H44O5/c1-21(2)26-12-9-11-25(18-26)19-29-22(3)16-28(17-23(29)4)34-20-30(33)35-24(5)10-8-14-27(32)13-6-7-15-31/h9,11-12,16-18,21,24,27,31-32H,6-8,10,13-15,19-20H2,1-5H3. The molecule has 2 unspecified atom stereocenters. The molecule has 0 saturated heterocycles. The number of aliphatic hydroxyl groups is 2. The summed E-state index contributed by atoms with van der Waals surface area (Å²) in [4.78, 5) is 12.2. The van der Waals surface area contributed by atoms with Gasteiger partial charge in [-0.05, 0) is 112 Å². The molecule has 0 aliphatic rings. The number of ether oxygens (including phenoxy) is 2. The van der Waals surface area contributed by atoms with E-state index in [1.165, 1.54) is 16.7 Å². The van der Waals surface area contributed by atoms with E-state index in [4.69, 9.17) is 14.6 Å². The summed E-state index contributed by atoms with van der Waals surface area (Å²) >= 11 is 0. The predicted molar refractivity (Wildman–Crippen MR) is 141 cm³/mol. The van der Waals surface area contributed by atoms with E-state index < -0.39 is 0 Å². The zero-order chi connectivity index (χ0) is 25.8. The number of rotatable bonds is 15. The van der Waals surface area contributed by atoms with E-state index in [1.807, 2.05) is 19.1 Å². The lowest BCUT2D eigenvalue weighted by Gasteiger charge is -2.16. The lowest BCUT2D eigenvalue weighted by Crippen LogP contribution is -2.21. The van der Waals surface area contributed by atoms with E-state index in [9.17, 15) is 9.90 Å². The van der Waals surface area contributed by atoms with E-state index in [-0.39, 0.29) is 31.4 Å². The van der Waals surface area contributed by atoms with Crippen molar-refractivity contribution in [2.75, 3.05) is 13.2 Å². The maximum Gasteiger partial charge on any atom is 0.344 e. The number of carbonyl (C=O) groups excluding carboxylic acids is 1. The van der Waals surface area contributed by atoms with Gasteiger partial charge in [-0.3, -0.25) is 0 Å². The fraction of sp³-hybridized carbons (Fsp3) is 0.567. The number of esters is 1. The van der Waals surface area contributed by atoms with E-state index in [1.54, 1.807) is 0 Å². The van der Waals surface area contributed by atoms with Gasteiger partial charge in [-0.25, -0.2) is 4.79 Å². The minimum atomic E-state index is -0.383. The zero-order valence-electron chi connectivity index (χ0n) is 22.2. The number of carbonyl (C=O) groups is 1. The van der Waals surface area contributed by atoms with Crippen molar-refractivity contribution in [2.45, 2.75) is 97.7 Å². The molecule has 0 radical (unpaired) electrons. The molecule has 0 amide bonds. The normalized spacial score (nSPS) is 13.0. The number of hydrogen-bond donors (Lipinski definition) is 2. The summed E-state index contributed by atoms with van der Waals surface area (Å²) < 4.78 is 11.2. The minimum absolute atomic E-state index is 0.122. The van der Waals surface area contributed by atoms with Gasteiger partial charge in [-0.2, -0.15) is 0 Å². The van der Waals surface area contributed by atoms with Crippen LogP contribution in [0.5, 0.6) is 5.75 Å². The monoisotopic (exact) mass is 484 g/mol. The Morgan fingerprint density at radius 1 is 0.943 bits per heavy atom. The predicted octanol–water partition coefficient (Wildman–Crippen LogP) is 6.02. The van der Waals surface area contributed by atoms with Crippen molar-refractivity contribution in [2.24, 2.45) is 0 Å². The highest BCUT2D eigenvalue weighted by molar-refractivity contribution is 5.71. The van der Waals surface area contributed by atoms with Crippen LogP contribution in [0.4, 0.5) is 0 Å². The Hall–Kier alpha value is -2.37. The average molecular weight is 485 g/mol. The van der Waals surface area contributed by atoms with E-state index in [2.05, 4.69) is 52.0 Å². The first-order valence-electron chi connectivity index (χ1n) is 13.0. The zero-order valence-corrected chi connectivity index (χ0v) is 22.2. The fourth-order valence-corrected chi connectivity index (χ4v) is 4.32. The quantitative estimate of drug-likeness (QED) is 0.239. The van der Waals surface area contributed by atoms with Crippen LogP contribution in [-0.4, -0.2) is 41.6 Å². The molecule has 2 N–H and O–H groups in total. The molecule has 5 nitrogen and oxygen atoms in total. The SMILES string of the molecule is Cc1cc(OCC(=O)OC(C)CCCC(O)CCCCO)cc(C)c1Cc1cccc(C(C)C)c1. The van der Waals surface area contributed by atoms with Gasteiger partial charge in [0, 0.05) is 6.61 Å². The molecule has 194 valence electrons. The molecular formula is C30H44O5. The van der Waals surface area contributed by atoms with Crippen molar-refractivity contribution in [3.63, 3.8) is 0 Å². The lowest BCUT2D eigenvalue weighted by atomic mass is 9.93. The first-order chi connectivity index (χ1) is 16.7. The molecule has 0 aliphatic carbocycles. The number of hydrogen-bond acceptors (Lipinski definition) is 5. The molecule has 5 heteroatoms. The molecule has 0 saturated carbocycles. The van der Waals surface area contributed by atoms with Crippen molar-refractivity contribution < 1.29 is 24.5 Å². The van der Waals surface area contributed by atoms with Gasteiger partial charge >= 0.3 is 5.97 Å². The third-order valence-electron chi connectivity index (χ3n) is 6.45. The number of benzene rings is 2. The van der Waals surface area contributed by atoms with E-state index in [0.717, 1.165) is 36.8 Å². The van der Waals surface area contributed by atoms with Crippen LogP contribution in [0.2, 0.25) is 0 Å². The van der Waals surface area contributed by atoms with Gasteiger partial charge in [-0.1, -0.05) is 38.1 Å². The highest BCUT2D eigenvalue weighted by Crippen LogP contribution is 2.26. The van der Waals surface area contributed by atoms with Gasteiger partial charge in [0.1, 0.15) is 5.75 Å². The van der Waals surface area contributed by atoms with Crippen LogP contribution in [-0.2, 0) is 16.0 Å². The van der Waals surface area contributed by atoms with Crippen molar-refractivity contribution in [3.8, 4) is 5.75 Å². The summed E-state index contributed by atoms with van der Waals surface area (Å²) in [5.41, 5.74) is 6.22. The summed E-state index contributed by atoms with van der Waals surface area (Å²) in [6.45, 7) is 10.5. The second kappa shape index (κ2) is 14.9. The van der Waals surface area contributed by atoms with Crippen LogP contribution in [0.1, 0.15) is 93.0 Å². The van der Waals surface area contributed by atoms with Crippen LogP contribution in [0.25, 0.3) is 0 Å². The first kappa shape index (κ1) is 28.9. The molecule has 2 atom stereocenters. The maximum absolute atomic E-state index is 12.2. The maximum atomic E-state index is 12.2. The summed E-state index contributed by atoms with van der Waals surface area (Å²) in [6.07, 6.45) is 4.70. The molecule has 0 fully saturated rings. The van der Waals surface area contributed by atoms with Gasteiger partial charge in [-0.15, -0.1) is 0 Å². The molecule has 2 aromatic rings. The molecule has 35 heavy (non-hydrogen) atoms. The lowest BCUT2D eigenvalue weighted by molar-refractivity contribution is -0.151. The summed E-state index contributed by atoms with van der Waals surface area (Å²) in [5.74, 6) is 0.797. The third-order valence-corrected chi connectivity index (χ3v) is 6.45. The fourth-order valence-electron chi connectivity index (χ4n) is 4.32. The second-order valence-corrected chi connectivity index (χ2v) is 10.0. The minimum Gasteiger partial charge on any atom is -0.482 e. The van der Waals surface area contributed by atoms with Gasteiger partial charge in [0.05, 0.1) is 12.2 Å². The van der Waals surface area contributed by atoms with Crippen molar-refractivity contribution >= 4 is 5.97 Å². The third kappa shape index (κ3) is 10.4. The Labute approximate surface area is 211 Å². The highest BCUT2D eigenvalue weighted by atomic mass is 16.6. The van der Waals surface area contributed by atoms with Crippen molar-refractivity contribution in [1.82, 2.24) is 0 Å². The van der Waals surface area contributed by atoms with Crippen LogP contribution in [0.3, 0.4) is 0 Å². The van der Waals surface area contributed by atoms with Gasteiger partial charge in [0.25, 0.3) is 0 Å². The smallest absolute Gasteiger partial charge is 0.344 e. The molecule has 0 bridgehead atoms. The number of unbranched alkanes of at least 4 members (excludes halogenated alkanes) is 1. The highest BCUT2D eigenvalue weighted by Gasteiger charge is 2.13. The molecule has 0 aromatic heterocycles. The average Bonchev–Trinajstić information content (AvgIpc) is 2.80. The van der Waals surface area contributed by atoms with Gasteiger partial charge < -0.3 is 19.7 Å². The Morgan fingerprint density at radius 3 is 2.29 bits per heavy atom. The number of aliphatic hydroxyl groups excluding tert-OH is 2. The van der Waals surface area contributed by atoms with Crippen LogP contribution >= 0.6 is 0 Å². The summed E-state index contributed by atoms with van der Waals surface area (Å²) in [6, 6.07) is 12.7. The molecule has 2 aromatic carbocycles. The van der Waals surface area contributed by atoms with Crippen LogP contribution < -0.4 is 4.74 Å². The van der Waals surface area contributed by atoms with Crippen LogP contribution in [0.15, 0.2) is 36.4 Å².